The molecule has 1 radical (unpaired) electrons. The van der Waals surface area contributed by atoms with E-state index < -0.39 is 30.3 Å². The van der Waals surface area contributed by atoms with Crippen molar-refractivity contribution in [3.05, 3.63) is 24.0 Å². The first-order valence-electron chi connectivity index (χ1n) is 11.0. The molecule has 1 aromatic carbocycles. The zero-order valence-corrected chi connectivity index (χ0v) is 18.9. The molecule has 177 valence electrons. The average molecular weight is 470 g/mol. The average Bonchev–Trinajstić information content (AvgIpc) is 2.71. The van der Waals surface area contributed by atoms with E-state index in [-0.39, 0.29) is 14.5 Å². The lowest BCUT2D eigenvalue weighted by molar-refractivity contribution is -0.290. The number of halogens is 6. The molecule has 0 atom stereocenters. The van der Waals surface area contributed by atoms with Crippen molar-refractivity contribution in [2.45, 2.75) is 82.1 Å². The molecule has 1 aliphatic rings. The van der Waals surface area contributed by atoms with Gasteiger partial charge in [0.15, 0.2) is 18.2 Å². The Morgan fingerprint density at radius 2 is 1.65 bits per heavy atom. The van der Waals surface area contributed by atoms with E-state index in [0.717, 1.165) is 25.0 Å². The van der Waals surface area contributed by atoms with Crippen LogP contribution in [0.15, 0.2) is 18.2 Å². The van der Waals surface area contributed by atoms with Crippen LogP contribution in [0.2, 0.25) is 18.1 Å². The van der Waals surface area contributed by atoms with Crippen molar-refractivity contribution in [2.75, 3.05) is 13.2 Å². The molecule has 31 heavy (non-hydrogen) atoms. The fourth-order valence-electron chi connectivity index (χ4n) is 3.63. The fraction of sp³-hybridized carbons (Fsp3) is 0.727. The number of alkyl halides is 5. The molecular weight excluding hydrogens is 438 g/mol. The number of hydrogen-bond donors (Lipinski definition) is 0. The Morgan fingerprint density at radius 3 is 2.26 bits per heavy atom. The maximum Gasteiger partial charge on any atom is 0.456 e. The van der Waals surface area contributed by atoms with Crippen LogP contribution in [0.1, 0.15) is 51.9 Å². The maximum atomic E-state index is 14.0. The van der Waals surface area contributed by atoms with Crippen LogP contribution in [-0.4, -0.2) is 34.1 Å². The van der Waals surface area contributed by atoms with E-state index in [4.69, 9.17) is 4.74 Å². The van der Waals surface area contributed by atoms with Crippen molar-refractivity contribution in [3.63, 3.8) is 0 Å². The van der Waals surface area contributed by atoms with E-state index in [1.807, 2.05) is 0 Å². The van der Waals surface area contributed by atoms with E-state index in [1.165, 1.54) is 56.3 Å². The van der Waals surface area contributed by atoms with Gasteiger partial charge in [0.05, 0.1) is 6.61 Å². The SMILES string of the molecule is CCCCCCC[Si]1CCC(COc2ccc(OCC(F)(F)C(F)(F)F)c(F)c2)CC1. The standard InChI is InChI=1S/C22H31F6O2Si/c1-2-3-4-5-6-11-31-12-9-17(10-13-31)15-29-18-7-8-20(19(23)14-18)30-16-21(24,25)22(26,27)28/h7-8,14,17H,2-6,9-13,15-16H2,1H3. The topological polar surface area (TPSA) is 18.5 Å². The first-order valence-corrected chi connectivity index (χ1v) is 13.1. The van der Waals surface area contributed by atoms with E-state index >= 15 is 0 Å². The number of hydrogen-bond acceptors (Lipinski definition) is 2. The highest BCUT2D eigenvalue weighted by atomic mass is 28.3. The first kappa shape index (κ1) is 25.9. The van der Waals surface area contributed by atoms with Gasteiger partial charge in [0.1, 0.15) is 5.75 Å². The second-order valence-corrected chi connectivity index (χ2v) is 11.3. The van der Waals surface area contributed by atoms with Gasteiger partial charge in [-0.2, -0.15) is 22.0 Å². The summed E-state index contributed by atoms with van der Waals surface area (Å²) in [6.07, 6.45) is 3.00. The van der Waals surface area contributed by atoms with Crippen LogP contribution < -0.4 is 9.47 Å². The van der Waals surface area contributed by atoms with Gasteiger partial charge in [-0.05, 0) is 30.9 Å². The smallest absolute Gasteiger partial charge is 0.456 e. The quantitative estimate of drug-likeness (QED) is 0.178. The van der Waals surface area contributed by atoms with Gasteiger partial charge in [0, 0.05) is 14.9 Å². The van der Waals surface area contributed by atoms with Crippen LogP contribution in [0.4, 0.5) is 26.3 Å². The molecule has 0 spiro atoms. The summed E-state index contributed by atoms with van der Waals surface area (Å²) in [4.78, 5) is 0. The second kappa shape index (κ2) is 12.0. The number of benzene rings is 1. The molecule has 0 unspecified atom stereocenters. The number of rotatable bonds is 12. The van der Waals surface area contributed by atoms with Crippen molar-refractivity contribution < 1.29 is 35.8 Å². The Morgan fingerprint density at radius 1 is 0.968 bits per heavy atom. The van der Waals surface area contributed by atoms with E-state index in [0.29, 0.717) is 12.5 Å². The molecule has 2 rings (SSSR count). The summed E-state index contributed by atoms with van der Waals surface area (Å²) in [7, 11) is -0.264. The van der Waals surface area contributed by atoms with Gasteiger partial charge >= 0.3 is 12.1 Å². The predicted molar refractivity (Wildman–Crippen MR) is 110 cm³/mol. The molecule has 1 heterocycles. The van der Waals surface area contributed by atoms with Crippen molar-refractivity contribution in [3.8, 4) is 11.5 Å². The molecule has 0 aliphatic carbocycles. The third-order valence-corrected chi connectivity index (χ3v) is 8.71. The zero-order chi connectivity index (χ0) is 22.9. The Balaban J connectivity index is 1.71. The zero-order valence-electron chi connectivity index (χ0n) is 17.9. The molecule has 1 aromatic rings. The lowest BCUT2D eigenvalue weighted by Crippen LogP contribution is -2.41. The summed E-state index contributed by atoms with van der Waals surface area (Å²) >= 11 is 0. The van der Waals surface area contributed by atoms with Gasteiger partial charge < -0.3 is 9.47 Å². The van der Waals surface area contributed by atoms with Gasteiger partial charge in [-0.1, -0.05) is 57.2 Å². The van der Waals surface area contributed by atoms with E-state index in [2.05, 4.69) is 11.7 Å². The van der Waals surface area contributed by atoms with Crippen molar-refractivity contribution in [2.24, 2.45) is 5.92 Å². The highest BCUT2D eigenvalue weighted by molar-refractivity contribution is 6.58. The fourth-order valence-corrected chi connectivity index (χ4v) is 6.77. The van der Waals surface area contributed by atoms with Crippen LogP contribution in [0.3, 0.4) is 0 Å². The van der Waals surface area contributed by atoms with Gasteiger partial charge in [0.25, 0.3) is 0 Å². The van der Waals surface area contributed by atoms with Crippen LogP contribution in [0.25, 0.3) is 0 Å². The Kier molecular flexibility index (Phi) is 10.0. The van der Waals surface area contributed by atoms with E-state index in [9.17, 15) is 26.3 Å². The van der Waals surface area contributed by atoms with Crippen LogP contribution >= 0.6 is 0 Å². The summed E-state index contributed by atoms with van der Waals surface area (Å²) in [5.74, 6) is -6.14. The lowest BCUT2D eigenvalue weighted by atomic mass is 10.0. The number of ether oxygens (including phenoxy) is 2. The van der Waals surface area contributed by atoms with E-state index in [1.54, 1.807) is 0 Å². The van der Waals surface area contributed by atoms with Gasteiger partial charge in [-0.25, -0.2) is 4.39 Å². The predicted octanol–water partition coefficient (Wildman–Crippen LogP) is 7.66. The molecule has 2 nitrogen and oxygen atoms in total. The molecular formula is C22H31F6O2Si. The molecule has 0 amide bonds. The molecule has 9 heteroatoms. The summed E-state index contributed by atoms with van der Waals surface area (Å²) in [5, 5.41) is 0. The van der Waals surface area contributed by atoms with Crippen molar-refractivity contribution in [1.82, 2.24) is 0 Å². The summed E-state index contributed by atoms with van der Waals surface area (Å²) < 4.78 is 86.3. The van der Waals surface area contributed by atoms with Gasteiger partial charge in [-0.15, -0.1) is 0 Å². The Hall–Kier alpha value is -1.38. The molecule has 0 saturated carbocycles. The number of unbranched alkanes of at least 4 members (excludes halogenated alkanes) is 4. The summed E-state index contributed by atoms with van der Waals surface area (Å²) in [6.45, 7) is 0.682. The van der Waals surface area contributed by atoms with Crippen molar-refractivity contribution >= 4 is 8.80 Å². The second-order valence-electron chi connectivity index (χ2n) is 8.25. The minimum Gasteiger partial charge on any atom is -0.493 e. The molecule has 0 N–H and O–H groups in total. The normalized spacial score (nSPS) is 16.5. The minimum absolute atomic E-state index is 0.208. The van der Waals surface area contributed by atoms with Crippen LogP contribution in [0.5, 0.6) is 11.5 Å². The Bertz CT molecular complexity index is 660. The summed E-state index contributed by atoms with van der Waals surface area (Å²) in [6, 6.07) is 7.19. The first-order chi connectivity index (χ1) is 14.6. The highest BCUT2D eigenvalue weighted by Crippen LogP contribution is 2.36. The largest absolute Gasteiger partial charge is 0.493 e. The minimum atomic E-state index is -5.75. The third-order valence-electron chi connectivity index (χ3n) is 5.66. The van der Waals surface area contributed by atoms with Gasteiger partial charge in [-0.3, -0.25) is 0 Å². The molecule has 1 saturated heterocycles. The highest BCUT2D eigenvalue weighted by Gasteiger charge is 2.58. The van der Waals surface area contributed by atoms with Gasteiger partial charge in [0.2, 0.25) is 0 Å². The summed E-state index contributed by atoms with van der Waals surface area (Å²) in [5.41, 5.74) is 0. The molecule has 0 bridgehead atoms. The lowest BCUT2D eigenvalue weighted by Gasteiger charge is -2.27. The Labute approximate surface area is 181 Å². The van der Waals surface area contributed by atoms with Crippen molar-refractivity contribution in [1.29, 1.82) is 0 Å². The monoisotopic (exact) mass is 469 g/mol. The third kappa shape index (κ3) is 8.58. The maximum absolute atomic E-state index is 14.0. The molecule has 0 aromatic heterocycles. The molecule has 1 fully saturated rings. The van der Waals surface area contributed by atoms with Crippen LogP contribution in [0, 0.1) is 11.7 Å². The molecule has 1 aliphatic heterocycles. The van der Waals surface area contributed by atoms with Crippen LogP contribution in [-0.2, 0) is 0 Å².